The fourth-order valence-corrected chi connectivity index (χ4v) is 3.59. The van der Waals surface area contributed by atoms with Gasteiger partial charge in [0.25, 0.3) is 0 Å². The molecule has 0 fully saturated rings. The largest absolute Gasteiger partial charge is 0.466 e. The Kier molecular flexibility index (Phi) is 8.47. The highest BCUT2D eigenvalue weighted by atomic mass is 35.5. The molecule has 0 saturated carbocycles. The third-order valence-electron chi connectivity index (χ3n) is 4.75. The van der Waals surface area contributed by atoms with E-state index in [2.05, 4.69) is 5.32 Å². The maximum atomic E-state index is 12.9. The van der Waals surface area contributed by atoms with Gasteiger partial charge in [0.15, 0.2) is 0 Å². The zero-order valence-electron chi connectivity index (χ0n) is 17.5. The zero-order valence-corrected chi connectivity index (χ0v) is 18.3. The highest BCUT2D eigenvalue weighted by Crippen LogP contribution is 2.35. The summed E-state index contributed by atoms with van der Waals surface area (Å²) in [6.07, 6.45) is 1.17. The molecule has 1 aliphatic rings. The van der Waals surface area contributed by atoms with Gasteiger partial charge in [-0.3, -0.25) is 4.79 Å². The number of dihydropyridines is 1. The van der Waals surface area contributed by atoms with Crippen molar-refractivity contribution in [1.29, 1.82) is 0 Å². The van der Waals surface area contributed by atoms with E-state index in [1.165, 1.54) is 7.11 Å². The molecule has 1 N–H and O–H groups in total. The number of hydrogen-bond acceptors (Lipinski definition) is 7. The fourth-order valence-electron chi connectivity index (χ4n) is 3.37. The summed E-state index contributed by atoms with van der Waals surface area (Å²) in [7, 11) is 1.28. The average Bonchev–Trinajstić information content (AvgIpc) is 2.69. The standard InChI is InChI=1S/C22H26ClNO6/c1-5-8-18(25)29-12-30-22(27)20-14(3)24-13(2)19(21(26)28-4)16(20)11-15-9-6-7-10-17(15)23/h6-7,9-10,16,24H,5,8,11-12H2,1-4H3. The predicted molar refractivity (Wildman–Crippen MR) is 111 cm³/mol. The van der Waals surface area contributed by atoms with Crippen molar-refractivity contribution in [3.8, 4) is 0 Å². The molecule has 0 spiro atoms. The minimum absolute atomic E-state index is 0.240. The Morgan fingerprint density at radius 2 is 1.67 bits per heavy atom. The molecule has 1 atom stereocenters. The predicted octanol–water partition coefficient (Wildman–Crippen LogP) is 3.67. The molecule has 1 aliphatic heterocycles. The van der Waals surface area contributed by atoms with E-state index in [-0.39, 0.29) is 12.0 Å². The van der Waals surface area contributed by atoms with Gasteiger partial charge in [-0.15, -0.1) is 0 Å². The van der Waals surface area contributed by atoms with Gasteiger partial charge in [0.1, 0.15) is 0 Å². The molecule has 0 saturated heterocycles. The van der Waals surface area contributed by atoms with Crippen molar-refractivity contribution in [1.82, 2.24) is 5.32 Å². The molecule has 0 radical (unpaired) electrons. The number of benzene rings is 1. The summed E-state index contributed by atoms with van der Waals surface area (Å²) >= 11 is 6.32. The van der Waals surface area contributed by atoms with E-state index in [0.29, 0.717) is 34.8 Å². The number of ether oxygens (including phenoxy) is 3. The van der Waals surface area contributed by atoms with Crippen molar-refractivity contribution in [3.63, 3.8) is 0 Å². The smallest absolute Gasteiger partial charge is 0.339 e. The van der Waals surface area contributed by atoms with Crippen LogP contribution in [0.5, 0.6) is 0 Å². The van der Waals surface area contributed by atoms with Crippen molar-refractivity contribution < 1.29 is 28.6 Å². The molecule has 0 aromatic heterocycles. The van der Waals surface area contributed by atoms with E-state index in [0.717, 1.165) is 5.56 Å². The SMILES string of the molecule is CCCC(=O)OCOC(=O)C1=C(C)NC(C)=C(C(=O)OC)C1Cc1ccccc1Cl. The Morgan fingerprint density at radius 3 is 2.27 bits per heavy atom. The monoisotopic (exact) mass is 435 g/mol. The third kappa shape index (κ3) is 5.63. The van der Waals surface area contributed by atoms with Crippen LogP contribution in [-0.2, 0) is 35.0 Å². The van der Waals surface area contributed by atoms with Crippen LogP contribution < -0.4 is 5.32 Å². The van der Waals surface area contributed by atoms with E-state index in [9.17, 15) is 14.4 Å². The van der Waals surface area contributed by atoms with E-state index in [1.54, 1.807) is 26.0 Å². The molecule has 0 bridgehead atoms. The Balaban J connectivity index is 2.33. The maximum Gasteiger partial charge on any atom is 0.339 e. The first-order chi connectivity index (χ1) is 14.3. The lowest BCUT2D eigenvalue weighted by Crippen LogP contribution is -2.34. The first kappa shape index (κ1) is 23.5. The summed E-state index contributed by atoms with van der Waals surface area (Å²) in [5.41, 5.74) is 2.47. The second-order valence-electron chi connectivity index (χ2n) is 6.86. The molecule has 7 nitrogen and oxygen atoms in total. The van der Waals surface area contributed by atoms with E-state index < -0.39 is 30.6 Å². The van der Waals surface area contributed by atoms with Gasteiger partial charge in [-0.2, -0.15) is 0 Å². The van der Waals surface area contributed by atoms with Crippen LogP contribution in [0.15, 0.2) is 46.8 Å². The number of carbonyl (C=O) groups is 3. The van der Waals surface area contributed by atoms with Crippen LogP contribution in [0.1, 0.15) is 39.2 Å². The van der Waals surface area contributed by atoms with Gasteiger partial charge in [0.2, 0.25) is 6.79 Å². The van der Waals surface area contributed by atoms with Crippen LogP contribution in [-0.4, -0.2) is 31.8 Å². The molecule has 1 heterocycles. The summed E-state index contributed by atoms with van der Waals surface area (Å²) in [6, 6.07) is 7.21. The topological polar surface area (TPSA) is 90.9 Å². The minimum atomic E-state index is -0.685. The summed E-state index contributed by atoms with van der Waals surface area (Å²) in [6.45, 7) is 4.81. The van der Waals surface area contributed by atoms with Crippen molar-refractivity contribution in [2.45, 2.75) is 40.0 Å². The molecule has 1 unspecified atom stereocenters. The first-order valence-electron chi connectivity index (χ1n) is 9.63. The molecule has 162 valence electrons. The van der Waals surface area contributed by atoms with Gasteiger partial charge in [0, 0.05) is 28.8 Å². The second kappa shape index (κ2) is 10.8. The zero-order chi connectivity index (χ0) is 22.3. The number of methoxy groups -OCH3 is 1. The molecule has 30 heavy (non-hydrogen) atoms. The lowest BCUT2D eigenvalue weighted by Gasteiger charge is -2.30. The number of hydrogen-bond donors (Lipinski definition) is 1. The highest BCUT2D eigenvalue weighted by molar-refractivity contribution is 6.31. The van der Waals surface area contributed by atoms with Crippen molar-refractivity contribution in [2.24, 2.45) is 5.92 Å². The number of rotatable bonds is 8. The summed E-state index contributed by atoms with van der Waals surface area (Å²) in [4.78, 5) is 36.9. The Hall–Kier alpha value is -2.80. The molecule has 8 heteroatoms. The average molecular weight is 436 g/mol. The molecule has 1 aromatic rings. The Morgan fingerprint density at radius 1 is 1.03 bits per heavy atom. The molecule has 1 aromatic carbocycles. The van der Waals surface area contributed by atoms with Crippen molar-refractivity contribution in [2.75, 3.05) is 13.9 Å². The van der Waals surface area contributed by atoms with Crippen LogP contribution >= 0.6 is 11.6 Å². The number of allylic oxidation sites excluding steroid dienone is 2. The summed E-state index contributed by atoms with van der Waals surface area (Å²) in [5.74, 6) is -2.33. The summed E-state index contributed by atoms with van der Waals surface area (Å²) < 4.78 is 15.0. The first-order valence-corrected chi connectivity index (χ1v) is 10.0. The maximum absolute atomic E-state index is 12.9. The van der Waals surface area contributed by atoms with Crippen LogP contribution in [0.2, 0.25) is 5.02 Å². The fraction of sp³-hybridized carbons (Fsp3) is 0.409. The van der Waals surface area contributed by atoms with Crippen LogP contribution in [0.3, 0.4) is 0 Å². The molecule has 0 aliphatic carbocycles. The van der Waals surface area contributed by atoms with Gasteiger partial charge in [-0.1, -0.05) is 36.7 Å². The van der Waals surface area contributed by atoms with E-state index in [1.807, 2.05) is 19.1 Å². The Labute approximate surface area is 181 Å². The molecule has 0 amide bonds. The van der Waals surface area contributed by atoms with Gasteiger partial charge in [-0.25, -0.2) is 9.59 Å². The third-order valence-corrected chi connectivity index (χ3v) is 5.12. The lowest BCUT2D eigenvalue weighted by atomic mass is 9.81. The van der Waals surface area contributed by atoms with Crippen LogP contribution in [0.25, 0.3) is 0 Å². The van der Waals surface area contributed by atoms with Crippen molar-refractivity contribution in [3.05, 3.63) is 57.4 Å². The van der Waals surface area contributed by atoms with Gasteiger partial charge < -0.3 is 19.5 Å². The number of halogens is 1. The second-order valence-corrected chi connectivity index (χ2v) is 7.27. The van der Waals surface area contributed by atoms with E-state index in [4.69, 9.17) is 25.8 Å². The molecular weight excluding hydrogens is 410 g/mol. The van der Waals surface area contributed by atoms with Crippen LogP contribution in [0.4, 0.5) is 0 Å². The van der Waals surface area contributed by atoms with Gasteiger partial charge in [-0.05, 0) is 38.3 Å². The quantitative estimate of drug-likeness (QED) is 0.492. The van der Waals surface area contributed by atoms with Gasteiger partial charge in [0.05, 0.1) is 18.3 Å². The Bertz CT molecular complexity index is 889. The number of carbonyl (C=O) groups excluding carboxylic acids is 3. The van der Waals surface area contributed by atoms with Crippen LogP contribution in [0, 0.1) is 5.92 Å². The molecular formula is C22H26ClNO6. The van der Waals surface area contributed by atoms with Gasteiger partial charge >= 0.3 is 17.9 Å². The minimum Gasteiger partial charge on any atom is -0.466 e. The summed E-state index contributed by atoms with van der Waals surface area (Å²) in [5, 5.41) is 3.57. The van der Waals surface area contributed by atoms with E-state index >= 15 is 0 Å². The lowest BCUT2D eigenvalue weighted by molar-refractivity contribution is -0.164. The highest BCUT2D eigenvalue weighted by Gasteiger charge is 2.37. The van der Waals surface area contributed by atoms with Crippen molar-refractivity contribution >= 4 is 29.5 Å². The molecule has 2 rings (SSSR count). The number of esters is 3. The number of nitrogens with one attached hydrogen (secondary N) is 1. The normalized spacial score (nSPS) is 16.1.